The molecule has 0 radical (unpaired) electrons. The van der Waals surface area contributed by atoms with Crippen LogP contribution < -0.4 is 5.32 Å². The van der Waals surface area contributed by atoms with E-state index in [-0.39, 0.29) is 22.9 Å². The molecule has 1 rings (SSSR count). The number of nitrogens with one attached hydrogen (secondary N) is 1. The van der Waals surface area contributed by atoms with Crippen molar-refractivity contribution in [2.24, 2.45) is 0 Å². The second kappa shape index (κ2) is 8.49. The van der Waals surface area contributed by atoms with Gasteiger partial charge in [0.1, 0.15) is 5.56 Å². The lowest BCUT2D eigenvalue weighted by Crippen LogP contribution is -2.32. The molecule has 21 heavy (non-hydrogen) atoms. The Balaban J connectivity index is 2.66. The molecule has 0 bridgehead atoms. The highest BCUT2D eigenvalue weighted by atomic mass is 35.5. The molecule has 0 atom stereocenters. The number of benzene rings is 1. The van der Waals surface area contributed by atoms with Gasteiger partial charge in [-0.05, 0) is 31.4 Å². The summed E-state index contributed by atoms with van der Waals surface area (Å²) in [5.74, 6) is -1.19. The molecule has 1 aromatic carbocycles. The maximum atomic E-state index is 12.0. The molecule has 0 saturated heterocycles. The molecule has 3 N–H and O–H groups in total. The van der Waals surface area contributed by atoms with E-state index in [2.05, 4.69) is 5.32 Å². The maximum Gasteiger partial charge on any atom is 0.339 e. The average Bonchev–Trinajstić information content (AvgIpc) is 2.43. The van der Waals surface area contributed by atoms with E-state index in [0.717, 1.165) is 12.8 Å². The zero-order chi connectivity index (χ0) is 15.8. The van der Waals surface area contributed by atoms with E-state index < -0.39 is 12.0 Å². The first-order chi connectivity index (χ1) is 9.97. The summed E-state index contributed by atoms with van der Waals surface area (Å²) in [6, 6.07) is 4.13. The minimum atomic E-state index is -1.19. The number of halogens is 1. The van der Waals surface area contributed by atoms with Gasteiger partial charge in [0.25, 0.3) is 0 Å². The van der Waals surface area contributed by atoms with Gasteiger partial charge >= 0.3 is 12.0 Å². The van der Waals surface area contributed by atoms with Crippen LogP contribution in [-0.2, 0) is 0 Å². The van der Waals surface area contributed by atoms with Crippen LogP contribution >= 0.6 is 11.6 Å². The minimum absolute atomic E-state index is 0.0749. The quantitative estimate of drug-likeness (QED) is 0.675. The van der Waals surface area contributed by atoms with E-state index in [9.17, 15) is 9.59 Å². The van der Waals surface area contributed by atoms with Crippen molar-refractivity contribution in [2.45, 2.75) is 19.3 Å². The SMILES string of the molecule is CN(CCCCCO)C(=O)Nc1cccc(Cl)c1C(=O)O. The third kappa shape index (κ3) is 5.24. The summed E-state index contributed by atoms with van der Waals surface area (Å²) in [5.41, 5.74) is 0.0448. The molecule has 0 aromatic heterocycles. The van der Waals surface area contributed by atoms with Crippen LogP contribution in [0.25, 0.3) is 0 Å². The summed E-state index contributed by atoms with van der Waals surface area (Å²) in [7, 11) is 1.62. The summed E-state index contributed by atoms with van der Waals surface area (Å²) in [4.78, 5) is 24.6. The van der Waals surface area contributed by atoms with Gasteiger partial charge in [-0.25, -0.2) is 9.59 Å². The number of aromatic carboxylic acids is 1. The smallest absolute Gasteiger partial charge is 0.339 e. The first-order valence-electron chi connectivity index (χ1n) is 6.62. The van der Waals surface area contributed by atoms with Crippen molar-refractivity contribution in [3.8, 4) is 0 Å². The molecule has 6 nitrogen and oxygen atoms in total. The summed E-state index contributed by atoms with van der Waals surface area (Å²) in [5, 5.41) is 20.4. The molecule has 0 fully saturated rings. The van der Waals surface area contributed by atoms with Crippen LogP contribution in [0.5, 0.6) is 0 Å². The Labute approximate surface area is 128 Å². The number of hydrogen-bond acceptors (Lipinski definition) is 3. The van der Waals surface area contributed by atoms with E-state index in [1.54, 1.807) is 13.1 Å². The number of rotatable bonds is 7. The standard InChI is InChI=1S/C14H19ClN2O4/c1-17(8-3-2-4-9-18)14(21)16-11-7-5-6-10(15)12(11)13(19)20/h5-7,18H,2-4,8-9H2,1H3,(H,16,21)(H,19,20). The lowest BCUT2D eigenvalue weighted by Gasteiger charge is -2.18. The Kier molecular flexibility index (Phi) is 6.98. The number of amides is 2. The lowest BCUT2D eigenvalue weighted by molar-refractivity contribution is 0.0698. The number of hydrogen-bond donors (Lipinski definition) is 3. The number of aliphatic hydroxyl groups excluding tert-OH is 1. The second-order valence-corrected chi connectivity index (χ2v) is 5.01. The van der Waals surface area contributed by atoms with Crippen molar-refractivity contribution in [3.05, 3.63) is 28.8 Å². The Hall–Kier alpha value is -1.79. The van der Waals surface area contributed by atoms with E-state index >= 15 is 0 Å². The van der Waals surface area contributed by atoms with Crippen molar-refractivity contribution >= 4 is 29.3 Å². The number of unbranched alkanes of at least 4 members (excludes halogenated alkanes) is 2. The number of urea groups is 1. The van der Waals surface area contributed by atoms with Gasteiger partial charge < -0.3 is 20.4 Å². The van der Waals surface area contributed by atoms with Crippen molar-refractivity contribution in [1.82, 2.24) is 4.90 Å². The molecule has 116 valence electrons. The van der Waals surface area contributed by atoms with Crippen LogP contribution in [0.4, 0.5) is 10.5 Å². The van der Waals surface area contributed by atoms with Crippen LogP contribution in [0, 0.1) is 0 Å². The van der Waals surface area contributed by atoms with E-state index in [1.807, 2.05) is 0 Å². The highest BCUT2D eigenvalue weighted by molar-refractivity contribution is 6.34. The molecular formula is C14H19ClN2O4. The van der Waals surface area contributed by atoms with Crippen LogP contribution in [0.15, 0.2) is 18.2 Å². The number of nitrogens with zero attached hydrogens (tertiary/aromatic N) is 1. The van der Waals surface area contributed by atoms with Gasteiger partial charge in [-0.3, -0.25) is 0 Å². The number of carbonyl (C=O) groups is 2. The predicted molar refractivity (Wildman–Crippen MR) is 81.0 cm³/mol. The number of carbonyl (C=O) groups excluding carboxylic acids is 1. The fourth-order valence-corrected chi connectivity index (χ4v) is 2.05. The number of aliphatic hydroxyl groups is 1. The van der Waals surface area contributed by atoms with Crippen LogP contribution in [-0.4, -0.2) is 47.3 Å². The fraction of sp³-hybridized carbons (Fsp3) is 0.429. The molecule has 2 amide bonds. The Morgan fingerprint density at radius 1 is 1.29 bits per heavy atom. The predicted octanol–water partition coefficient (Wildman–Crippen LogP) is 2.66. The van der Waals surface area contributed by atoms with Gasteiger partial charge in [-0.2, -0.15) is 0 Å². The number of carboxylic acids is 1. The van der Waals surface area contributed by atoms with E-state index in [0.29, 0.717) is 13.0 Å². The maximum absolute atomic E-state index is 12.0. The monoisotopic (exact) mass is 314 g/mol. The Morgan fingerprint density at radius 2 is 2.00 bits per heavy atom. The Bertz CT molecular complexity index is 508. The summed E-state index contributed by atoms with van der Waals surface area (Å²) in [6.07, 6.45) is 2.30. The van der Waals surface area contributed by atoms with Gasteiger partial charge in [-0.1, -0.05) is 17.7 Å². The van der Waals surface area contributed by atoms with Crippen molar-refractivity contribution in [2.75, 3.05) is 25.5 Å². The van der Waals surface area contributed by atoms with Crippen molar-refractivity contribution in [3.63, 3.8) is 0 Å². The third-order valence-electron chi connectivity index (χ3n) is 2.97. The molecule has 0 aliphatic rings. The van der Waals surface area contributed by atoms with E-state index in [1.165, 1.54) is 17.0 Å². The zero-order valence-electron chi connectivity index (χ0n) is 11.8. The van der Waals surface area contributed by atoms with Crippen LogP contribution in [0.1, 0.15) is 29.6 Å². The Morgan fingerprint density at radius 3 is 2.62 bits per heavy atom. The first-order valence-corrected chi connectivity index (χ1v) is 7.00. The lowest BCUT2D eigenvalue weighted by atomic mass is 10.2. The second-order valence-electron chi connectivity index (χ2n) is 4.60. The number of anilines is 1. The molecule has 0 saturated carbocycles. The molecule has 0 aliphatic carbocycles. The van der Waals surface area contributed by atoms with Crippen LogP contribution in [0.2, 0.25) is 5.02 Å². The molecular weight excluding hydrogens is 296 g/mol. The zero-order valence-corrected chi connectivity index (χ0v) is 12.6. The normalized spacial score (nSPS) is 10.2. The largest absolute Gasteiger partial charge is 0.478 e. The first kappa shape index (κ1) is 17.3. The van der Waals surface area contributed by atoms with Crippen LogP contribution in [0.3, 0.4) is 0 Å². The van der Waals surface area contributed by atoms with Gasteiger partial charge in [0.05, 0.1) is 10.7 Å². The summed E-state index contributed by atoms with van der Waals surface area (Å²) < 4.78 is 0. The van der Waals surface area contributed by atoms with Gasteiger partial charge in [0.2, 0.25) is 0 Å². The number of carboxylic acid groups (broad SMARTS) is 1. The average molecular weight is 315 g/mol. The fourth-order valence-electron chi connectivity index (χ4n) is 1.80. The van der Waals surface area contributed by atoms with Crippen molar-refractivity contribution in [1.29, 1.82) is 0 Å². The molecule has 0 spiro atoms. The minimum Gasteiger partial charge on any atom is -0.478 e. The molecule has 0 heterocycles. The highest BCUT2D eigenvalue weighted by Gasteiger charge is 2.17. The highest BCUT2D eigenvalue weighted by Crippen LogP contribution is 2.24. The van der Waals surface area contributed by atoms with Gasteiger partial charge in [0.15, 0.2) is 0 Å². The molecule has 7 heteroatoms. The third-order valence-corrected chi connectivity index (χ3v) is 3.28. The van der Waals surface area contributed by atoms with Gasteiger partial charge in [-0.15, -0.1) is 0 Å². The topological polar surface area (TPSA) is 89.9 Å². The molecule has 0 unspecified atom stereocenters. The van der Waals surface area contributed by atoms with Crippen molar-refractivity contribution < 1.29 is 19.8 Å². The summed E-state index contributed by atoms with van der Waals surface area (Å²) >= 11 is 5.84. The summed E-state index contributed by atoms with van der Waals surface area (Å²) in [6.45, 7) is 0.662. The van der Waals surface area contributed by atoms with Gasteiger partial charge in [0, 0.05) is 20.2 Å². The molecule has 1 aromatic rings. The molecule has 0 aliphatic heterocycles. The van der Waals surface area contributed by atoms with E-state index in [4.69, 9.17) is 21.8 Å².